The number of ether oxygens (including phenoxy) is 1. The lowest BCUT2D eigenvalue weighted by Crippen LogP contribution is -2.12. The maximum atomic E-state index is 5.33. The zero-order valence-electron chi connectivity index (χ0n) is 9.13. The summed E-state index contributed by atoms with van der Waals surface area (Å²) in [4.78, 5) is 0. The molecule has 0 radical (unpaired) electrons. The molecule has 0 fully saturated rings. The summed E-state index contributed by atoms with van der Waals surface area (Å²) in [5, 5.41) is 0. The van der Waals surface area contributed by atoms with Crippen LogP contribution in [0.4, 0.5) is 0 Å². The Labute approximate surface area is 91.9 Å². The Hall–Kier alpha value is -0.470. The summed E-state index contributed by atoms with van der Waals surface area (Å²) in [5.74, 6) is 0. The number of hydrogen-bond donors (Lipinski definition) is 0. The monoisotopic (exact) mass is 211 g/mol. The zero-order chi connectivity index (χ0) is 10.6. The predicted molar refractivity (Wildman–Crippen MR) is 65.0 cm³/mol. The van der Waals surface area contributed by atoms with E-state index in [-0.39, 0.29) is 4.75 Å². The highest BCUT2D eigenvalue weighted by atomic mass is 32.1. The van der Waals surface area contributed by atoms with Gasteiger partial charge in [-0.3, -0.25) is 0 Å². The van der Waals surface area contributed by atoms with Crippen molar-refractivity contribution in [2.75, 3.05) is 6.61 Å². The minimum absolute atomic E-state index is 0.0458. The van der Waals surface area contributed by atoms with Crippen molar-refractivity contribution in [1.29, 1.82) is 0 Å². The Morgan fingerprint density at radius 3 is 2.21 bits per heavy atom. The van der Waals surface area contributed by atoms with Gasteiger partial charge in [-0.1, -0.05) is 24.3 Å². The van der Waals surface area contributed by atoms with Crippen LogP contribution >= 0.6 is 0 Å². The van der Waals surface area contributed by atoms with Crippen LogP contribution in [-0.2, 0) is 28.7 Å². The molecule has 14 heavy (non-hydrogen) atoms. The van der Waals surface area contributed by atoms with Crippen molar-refractivity contribution >= 4 is 12.6 Å². The van der Waals surface area contributed by atoms with E-state index in [0.717, 1.165) is 6.61 Å². The van der Waals surface area contributed by atoms with Gasteiger partial charge in [0.1, 0.15) is 4.75 Å². The summed E-state index contributed by atoms with van der Waals surface area (Å²) in [7, 11) is 0. The van der Waals surface area contributed by atoms with Gasteiger partial charge in [0.2, 0.25) is 0 Å². The minimum atomic E-state index is 0.0458. The van der Waals surface area contributed by atoms with Gasteiger partial charge >= 0.3 is 0 Å². The molecule has 0 aliphatic heterocycles. The Kier molecular flexibility index (Phi) is 4.02. The molecule has 2 heteroatoms. The van der Waals surface area contributed by atoms with Crippen molar-refractivity contribution in [3.8, 4) is 0 Å². The van der Waals surface area contributed by atoms with Crippen molar-refractivity contribution < 1.29 is 4.74 Å². The number of benzene rings is 1. The van der Waals surface area contributed by atoms with Crippen molar-refractivity contribution in [3.05, 3.63) is 35.4 Å². The van der Waals surface area contributed by atoms with Crippen molar-refractivity contribution in [3.63, 3.8) is 0 Å². The highest BCUT2D eigenvalue weighted by molar-refractivity contribution is 7.59. The molecule has 1 rings (SSSR count). The SMILES string of the molecule is CCOCc1ccc(C(C)(C)[SH2+])cc1. The molecule has 0 aliphatic carbocycles. The minimum Gasteiger partial charge on any atom is -0.377 e. The maximum absolute atomic E-state index is 5.33. The summed E-state index contributed by atoms with van der Waals surface area (Å²) >= 11 is 3.68. The van der Waals surface area contributed by atoms with Gasteiger partial charge in [0.05, 0.1) is 6.61 Å². The predicted octanol–water partition coefficient (Wildman–Crippen LogP) is 2.47. The number of hydrogen-bond acceptors (Lipinski definition) is 1. The molecule has 0 aromatic heterocycles. The van der Waals surface area contributed by atoms with Crippen LogP contribution in [0.25, 0.3) is 0 Å². The molecule has 1 nitrogen and oxygen atoms in total. The molecule has 1 aromatic rings. The van der Waals surface area contributed by atoms with Crippen LogP contribution < -0.4 is 0 Å². The fraction of sp³-hybridized carbons (Fsp3) is 0.500. The fourth-order valence-corrected chi connectivity index (χ4v) is 1.40. The van der Waals surface area contributed by atoms with E-state index < -0.39 is 0 Å². The van der Waals surface area contributed by atoms with Crippen LogP contribution in [0.3, 0.4) is 0 Å². The van der Waals surface area contributed by atoms with E-state index in [1.54, 1.807) is 0 Å². The van der Waals surface area contributed by atoms with Crippen molar-refractivity contribution in [1.82, 2.24) is 0 Å². The normalized spacial score (nSPS) is 11.7. The van der Waals surface area contributed by atoms with Crippen LogP contribution in [0.2, 0.25) is 0 Å². The molecule has 0 saturated heterocycles. The molecule has 0 N–H and O–H groups in total. The molecule has 0 saturated carbocycles. The first-order chi connectivity index (χ1) is 6.54. The standard InChI is InChI=1S/C12H18OS/c1-4-13-9-10-5-7-11(8-6-10)12(2,3)14/h5-8,14H,4,9H2,1-3H3/p+1. The summed E-state index contributed by atoms with van der Waals surface area (Å²) in [6.45, 7) is 7.77. The van der Waals surface area contributed by atoms with E-state index in [2.05, 4.69) is 50.7 Å². The van der Waals surface area contributed by atoms with E-state index >= 15 is 0 Å². The quantitative estimate of drug-likeness (QED) is 0.695. The Bertz CT molecular complexity index is 271. The lowest BCUT2D eigenvalue weighted by molar-refractivity contribution is 0.134. The second kappa shape index (κ2) is 4.85. The summed E-state index contributed by atoms with van der Waals surface area (Å²) in [5.41, 5.74) is 2.51. The lowest BCUT2D eigenvalue weighted by atomic mass is 10.0. The van der Waals surface area contributed by atoms with Gasteiger partial charge in [-0.25, -0.2) is 0 Å². The molecule has 1 aromatic carbocycles. The molecule has 78 valence electrons. The highest BCUT2D eigenvalue weighted by Gasteiger charge is 2.20. The van der Waals surface area contributed by atoms with Gasteiger partial charge in [-0.15, -0.1) is 0 Å². The van der Waals surface area contributed by atoms with Gasteiger partial charge in [-0.2, -0.15) is 0 Å². The molecule has 0 spiro atoms. The van der Waals surface area contributed by atoms with E-state index in [9.17, 15) is 0 Å². The summed E-state index contributed by atoms with van der Waals surface area (Å²) in [6.07, 6.45) is 0. The third kappa shape index (κ3) is 3.35. The largest absolute Gasteiger partial charge is 0.377 e. The Morgan fingerprint density at radius 2 is 1.79 bits per heavy atom. The van der Waals surface area contributed by atoms with E-state index in [1.165, 1.54) is 11.1 Å². The lowest BCUT2D eigenvalue weighted by Gasteiger charge is -2.12. The van der Waals surface area contributed by atoms with Gasteiger partial charge in [0.15, 0.2) is 0 Å². The van der Waals surface area contributed by atoms with E-state index in [0.29, 0.717) is 6.61 Å². The van der Waals surface area contributed by atoms with Gasteiger partial charge in [-0.05, 0) is 39.0 Å². The third-order valence-corrected chi connectivity index (χ3v) is 2.44. The highest BCUT2D eigenvalue weighted by Crippen LogP contribution is 2.21. The Morgan fingerprint density at radius 1 is 1.21 bits per heavy atom. The van der Waals surface area contributed by atoms with Crippen LogP contribution in [0.15, 0.2) is 24.3 Å². The first kappa shape index (κ1) is 11.6. The molecule has 0 amide bonds. The molecule has 0 aliphatic rings. The summed E-state index contributed by atoms with van der Waals surface area (Å²) in [6, 6.07) is 8.52. The first-order valence-corrected chi connectivity index (χ1v) is 5.46. The maximum Gasteiger partial charge on any atom is 0.143 e. The van der Waals surface area contributed by atoms with Crippen LogP contribution in [-0.4, -0.2) is 6.61 Å². The third-order valence-electron chi connectivity index (χ3n) is 2.15. The Balaban J connectivity index is 2.69. The van der Waals surface area contributed by atoms with E-state index in [1.807, 2.05) is 6.92 Å². The van der Waals surface area contributed by atoms with Crippen LogP contribution in [0, 0.1) is 0 Å². The zero-order valence-corrected chi connectivity index (χ0v) is 10.1. The molecule has 0 bridgehead atoms. The van der Waals surface area contributed by atoms with Crippen molar-refractivity contribution in [2.24, 2.45) is 0 Å². The van der Waals surface area contributed by atoms with Crippen LogP contribution in [0.5, 0.6) is 0 Å². The van der Waals surface area contributed by atoms with E-state index in [4.69, 9.17) is 4.74 Å². The van der Waals surface area contributed by atoms with Crippen molar-refractivity contribution in [2.45, 2.75) is 32.1 Å². The van der Waals surface area contributed by atoms with Gasteiger partial charge in [0, 0.05) is 12.2 Å². The molecular formula is C12H19OS+. The average Bonchev–Trinajstić information content (AvgIpc) is 2.14. The second-order valence-corrected chi connectivity index (χ2v) is 5.21. The molecular weight excluding hydrogens is 192 g/mol. The van der Waals surface area contributed by atoms with Crippen LogP contribution in [0.1, 0.15) is 31.9 Å². The molecule has 0 atom stereocenters. The second-order valence-electron chi connectivity index (χ2n) is 3.96. The topological polar surface area (TPSA) is 9.23 Å². The van der Waals surface area contributed by atoms with Gasteiger partial charge in [0.25, 0.3) is 0 Å². The fourth-order valence-electron chi connectivity index (χ4n) is 1.24. The smallest absolute Gasteiger partial charge is 0.143 e. The first-order valence-electron chi connectivity index (χ1n) is 4.96. The van der Waals surface area contributed by atoms with Gasteiger partial charge < -0.3 is 4.74 Å². The number of rotatable bonds is 4. The summed E-state index contributed by atoms with van der Waals surface area (Å²) < 4.78 is 5.38. The molecule has 0 unspecified atom stereocenters. The average molecular weight is 211 g/mol. The molecule has 0 heterocycles.